The molecule has 2 heterocycles. The first-order valence-electron chi connectivity index (χ1n) is 7.77. The van der Waals surface area contributed by atoms with Crippen LogP contribution in [0.5, 0.6) is 0 Å². The van der Waals surface area contributed by atoms with Gasteiger partial charge in [0, 0.05) is 23.4 Å². The molecule has 0 fully saturated rings. The van der Waals surface area contributed by atoms with Crippen molar-refractivity contribution < 1.29 is 8.78 Å². The molecule has 2 aromatic heterocycles. The SMILES string of the molecule is CCc1cc(Nc2ncnc(NC(C)c3ccc(F)cc3F)n2)n[nH]1. The van der Waals surface area contributed by atoms with E-state index in [4.69, 9.17) is 0 Å². The largest absolute Gasteiger partial charge is 0.347 e. The topological polar surface area (TPSA) is 91.4 Å². The van der Waals surface area contributed by atoms with E-state index in [1.165, 1.54) is 18.5 Å². The van der Waals surface area contributed by atoms with Gasteiger partial charge in [-0.2, -0.15) is 10.1 Å². The van der Waals surface area contributed by atoms with E-state index in [1.54, 1.807) is 6.92 Å². The van der Waals surface area contributed by atoms with Gasteiger partial charge in [-0.3, -0.25) is 5.10 Å². The number of nitrogens with one attached hydrogen (secondary N) is 3. The number of hydrogen-bond donors (Lipinski definition) is 3. The number of hydrogen-bond acceptors (Lipinski definition) is 6. The summed E-state index contributed by atoms with van der Waals surface area (Å²) in [7, 11) is 0. The highest BCUT2D eigenvalue weighted by atomic mass is 19.1. The van der Waals surface area contributed by atoms with Gasteiger partial charge in [-0.05, 0) is 19.4 Å². The fraction of sp³-hybridized carbons (Fsp3) is 0.250. The second-order valence-corrected chi connectivity index (χ2v) is 5.42. The Morgan fingerprint density at radius 1 is 1.16 bits per heavy atom. The molecule has 0 saturated carbocycles. The molecule has 1 aromatic carbocycles. The molecule has 25 heavy (non-hydrogen) atoms. The summed E-state index contributed by atoms with van der Waals surface area (Å²) in [5.74, 6) is -0.0911. The normalized spacial score (nSPS) is 12.0. The first kappa shape index (κ1) is 16.7. The summed E-state index contributed by atoms with van der Waals surface area (Å²) in [6.07, 6.45) is 2.16. The number of aromatic nitrogens is 5. The van der Waals surface area contributed by atoms with Gasteiger partial charge in [-0.25, -0.2) is 18.7 Å². The first-order valence-corrected chi connectivity index (χ1v) is 7.77. The molecule has 0 saturated heterocycles. The van der Waals surface area contributed by atoms with E-state index in [1.807, 2.05) is 13.0 Å². The number of nitrogens with zero attached hydrogens (tertiary/aromatic N) is 4. The van der Waals surface area contributed by atoms with Gasteiger partial charge in [0.1, 0.15) is 18.0 Å². The van der Waals surface area contributed by atoms with Crippen LogP contribution in [0.4, 0.5) is 26.5 Å². The number of anilines is 3. The highest BCUT2D eigenvalue weighted by Gasteiger charge is 2.13. The van der Waals surface area contributed by atoms with Crippen molar-refractivity contribution in [3.63, 3.8) is 0 Å². The van der Waals surface area contributed by atoms with Crippen molar-refractivity contribution in [2.24, 2.45) is 0 Å². The average Bonchev–Trinajstić information content (AvgIpc) is 3.02. The predicted octanol–water partition coefficient (Wildman–Crippen LogP) is 3.35. The zero-order valence-electron chi connectivity index (χ0n) is 13.7. The lowest BCUT2D eigenvalue weighted by atomic mass is 10.1. The first-order chi connectivity index (χ1) is 12.0. The third kappa shape index (κ3) is 4.06. The summed E-state index contributed by atoms with van der Waals surface area (Å²) >= 11 is 0. The third-order valence-corrected chi connectivity index (χ3v) is 3.60. The number of rotatable bonds is 6. The maximum atomic E-state index is 13.8. The molecule has 0 bridgehead atoms. The number of benzene rings is 1. The van der Waals surface area contributed by atoms with Gasteiger partial charge in [0.15, 0.2) is 5.82 Å². The van der Waals surface area contributed by atoms with E-state index in [0.29, 0.717) is 17.3 Å². The Hall–Kier alpha value is -3.10. The minimum Gasteiger partial charge on any atom is -0.347 e. The summed E-state index contributed by atoms with van der Waals surface area (Å²) in [6.45, 7) is 3.74. The molecular weight excluding hydrogens is 328 g/mol. The maximum absolute atomic E-state index is 13.8. The molecule has 1 atom stereocenters. The molecule has 9 heteroatoms. The monoisotopic (exact) mass is 345 g/mol. The van der Waals surface area contributed by atoms with Gasteiger partial charge >= 0.3 is 0 Å². The van der Waals surface area contributed by atoms with Gasteiger partial charge in [-0.1, -0.05) is 13.0 Å². The molecule has 3 N–H and O–H groups in total. The zero-order chi connectivity index (χ0) is 17.8. The Morgan fingerprint density at radius 2 is 1.96 bits per heavy atom. The van der Waals surface area contributed by atoms with E-state index in [-0.39, 0.29) is 5.95 Å². The number of H-pyrrole nitrogens is 1. The second-order valence-electron chi connectivity index (χ2n) is 5.42. The molecule has 3 rings (SSSR count). The highest BCUT2D eigenvalue weighted by Crippen LogP contribution is 2.21. The van der Waals surface area contributed by atoms with Gasteiger partial charge in [0.05, 0.1) is 6.04 Å². The Balaban J connectivity index is 1.72. The van der Waals surface area contributed by atoms with E-state index < -0.39 is 17.7 Å². The van der Waals surface area contributed by atoms with Gasteiger partial charge in [-0.15, -0.1) is 0 Å². The minimum atomic E-state index is -0.629. The number of halogens is 2. The Bertz CT molecular complexity index is 865. The van der Waals surface area contributed by atoms with Crippen molar-refractivity contribution in [1.82, 2.24) is 25.1 Å². The number of aryl methyl sites for hydroxylation is 1. The molecule has 130 valence electrons. The van der Waals surface area contributed by atoms with E-state index >= 15 is 0 Å². The lowest BCUT2D eigenvalue weighted by Crippen LogP contribution is -2.12. The molecule has 7 nitrogen and oxygen atoms in total. The molecular formula is C16H17F2N7. The van der Waals surface area contributed by atoms with Crippen LogP contribution in [0.3, 0.4) is 0 Å². The Kier molecular flexibility index (Phi) is 4.82. The minimum absolute atomic E-state index is 0.264. The van der Waals surface area contributed by atoms with E-state index in [9.17, 15) is 8.78 Å². The second kappa shape index (κ2) is 7.20. The average molecular weight is 345 g/mol. The van der Waals surface area contributed by atoms with Crippen molar-refractivity contribution >= 4 is 17.7 Å². The summed E-state index contributed by atoms with van der Waals surface area (Å²) in [5.41, 5.74) is 1.30. The lowest BCUT2D eigenvalue weighted by Gasteiger charge is -2.15. The smallest absolute Gasteiger partial charge is 0.233 e. The fourth-order valence-electron chi connectivity index (χ4n) is 2.27. The van der Waals surface area contributed by atoms with Crippen LogP contribution in [-0.4, -0.2) is 25.1 Å². The molecule has 0 radical (unpaired) electrons. The highest BCUT2D eigenvalue weighted by molar-refractivity contribution is 5.49. The summed E-state index contributed by atoms with van der Waals surface area (Å²) in [5, 5.41) is 12.9. The van der Waals surface area contributed by atoms with Crippen molar-refractivity contribution in [2.75, 3.05) is 10.6 Å². The molecule has 0 spiro atoms. The van der Waals surface area contributed by atoms with Crippen LogP contribution in [-0.2, 0) is 6.42 Å². The molecule has 0 amide bonds. The lowest BCUT2D eigenvalue weighted by molar-refractivity contribution is 0.566. The van der Waals surface area contributed by atoms with Crippen molar-refractivity contribution in [1.29, 1.82) is 0 Å². The Labute approximate surface area is 142 Å². The number of aromatic amines is 1. The van der Waals surface area contributed by atoms with Gasteiger partial charge in [0.25, 0.3) is 0 Å². The van der Waals surface area contributed by atoms with Gasteiger partial charge in [0.2, 0.25) is 11.9 Å². The quantitative estimate of drug-likeness (QED) is 0.635. The molecule has 0 aliphatic heterocycles. The zero-order valence-corrected chi connectivity index (χ0v) is 13.7. The molecule has 3 aromatic rings. The van der Waals surface area contributed by atoms with Crippen LogP contribution in [0.15, 0.2) is 30.6 Å². The van der Waals surface area contributed by atoms with Crippen LogP contribution in [0.1, 0.15) is 31.1 Å². The molecule has 0 aliphatic rings. The summed E-state index contributed by atoms with van der Waals surface area (Å²) in [4.78, 5) is 12.3. The standard InChI is InChI=1S/C16H17F2N7/c1-3-11-7-14(25-24-11)22-16-20-8-19-15(23-16)21-9(2)12-5-4-10(17)6-13(12)18/h4-9H,3H2,1-2H3,(H3,19,20,21,22,23,24,25). The summed E-state index contributed by atoms with van der Waals surface area (Å²) in [6, 6.07) is 4.84. The van der Waals surface area contributed by atoms with Crippen LogP contribution in [0.25, 0.3) is 0 Å². The predicted molar refractivity (Wildman–Crippen MR) is 89.5 cm³/mol. The summed E-state index contributed by atoms with van der Waals surface area (Å²) < 4.78 is 26.9. The third-order valence-electron chi connectivity index (χ3n) is 3.60. The fourth-order valence-corrected chi connectivity index (χ4v) is 2.27. The van der Waals surface area contributed by atoms with Crippen LogP contribution >= 0.6 is 0 Å². The Morgan fingerprint density at radius 3 is 2.68 bits per heavy atom. The van der Waals surface area contributed by atoms with Crippen LogP contribution < -0.4 is 10.6 Å². The molecule has 1 unspecified atom stereocenters. The van der Waals surface area contributed by atoms with Gasteiger partial charge < -0.3 is 10.6 Å². The van der Waals surface area contributed by atoms with Crippen LogP contribution in [0.2, 0.25) is 0 Å². The van der Waals surface area contributed by atoms with Crippen molar-refractivity contribution in [2.45, 2.75) is 26.3 Å². The van der Waals surface area contributed by atoms with Crippen LogP contribution in [0, 0.1) is 11.6 Å². The van der Waals surface area contributed by atoms with E-state index in [0.717, 1.165) is 18.2 Å². The van der Waals surface area contributed by atoms with Crippen molar-refractivity contribution in [3.05, 3.63) is 53.5 Å². The molecule has 0 aliphatic carbocycles. The van der Waals surface area contributed by atoms with Crippen molar-refractivity contribution in [3.8, 4) is 0 Å². The maximum Gasteiger partial charge on any atom is 0.233 e. The van der Waals surface area contributed by atoms with E-state index in [2.05, 4.69) is 35.8 Å².